The van der Waals surface area contributed by atoms with Crippen molar-refractivity contribution in [2.75, 3.05) is 0 Å². The van der Waals surface area contributed by atoms with Gasteiger partial charge in [-0.1, -0.05) is 173 Å². The molecule has 0 aliphatic heterocycles. The lowest BCUT2D eigenvalue weighted by Gasteiger charge is -2.18. The minimum absolute atomic E-state index is 0.222. The van der Waals surface area contributed by atoms with Gasteiger partial charge in [-0.05, 0) is 70.6 Å². The van der Waals surface area contributed by atoms with E-state index in [-0.39, 0.29) is 11.9 Å². The van der Waals surface area contributed by atoms with Crippen molar-refractivity contribution in [3.05, 3.63) is 24.3 Å². The molecule has 0 aromatic heterocycles. The Bertz CT molecular complexity index is 673. The smallest absolute Gasteiger partial charge is 0.308 e. The Labute approximate surface area is 300 Å². The summed E-state index contributed by atoms with van der Waals surface area (Å²) in [5.41, 5.74) is 0. The average molecular weight is 675 g/mol. The van der Waals surface area contributed by atoms with Crippen LogP contribution in [0.2, 0.25) is 0 Å². The third-order valence-corrected chi connectivity index (χ3v) is 9.35. The minimum Gasteiger partial charge on any atom is -0.425 e. The first-order valence-corrected chi connectivity index (χ1v) is 21.3. The molecule has 0 heterocycles. The Morgan fingerprint density at radius 2 is 0.646 bits per heavy atom. The molecule has 4 nitrogen and oxygen atoms in total. The molecule has 4 heteroatoms. The fourth-order valence-electron chi connectivity index (χ4n) is 6.15. The van der Waals surface area contributed by atoms with Gasteiger partial charge in [-0.2, -0.15) is 0 Å². The molecule has 0 radical (unpaired) electrons. The Morgan fingerprint density at radius 3 is 0.979 bits per heavy atom. The summed E-state index contributed by atoms with van der Waals surface area (Å²) in [6.07, 6.45) is 47.8. The van der Waals surface area contributed by atoms with Gasteiger partial charge in [0.1, 0.15) is 0 Å². The van der Waals surface area contributed by atoms with Crippen molar-refractivity contribution in [1.82, 2.24) is 0 Å². The zero-order valence-electron chi connectivity index (χ0n) is 32.6. The van der Waals surface area contributed by atoms with Crippen molar-refractivity contribution < 1.29 is 19.1 Å². The summed E-state index contributed by atoms with van der Waals surface area (Å²) in [5.74, 6) is -0.444. The van der Waals surface area contributed by atoms with Gasteiger partial charge in [0.2, 0.25) is 6.29 Å². The molecule has 0 unspecified atom stereocenters. The van der Waals surface area contributed by atoms with Gasteiger partial charge in [-0.15, -0.1) is 0 Å². The Kier molecular flexibility index (Phi) is 38.5. The fraction of sp³-hybridized carbons (Fsp3) is 0.864. The molecule has 0 aliphatic rings. The van der Waals surface area contributed by atoms with Crippen LogP contribution < -0.4 is 0 Å². The lowest BCUT2D eigenvalue weighted by Crippen LogP contribution is -2.24. The highest BCUT2D eigenvalue weighted by atomic mass is 16.7. The Balaban J connectivity index is 4.01. The lowest BCUT2D eigenvalue weighted by atomic mass is 10.1. The van der Waals surface area contributed by atoms with Crippen molar-refractivity contribution in [2.45, 2.75) is 245 Å². The molecule has 0 saturated heterocycles. The Morgan fingerprint density at radius 1 is 0.375 bits per heavy atom. The van der Waals surface area contributed by atoms with E-state index in [1.165, 1.54) is 148 Å². The average Bonchev–Trinajstić information content (AvgIpc) is 3.08. The van der Waals surface area contributed by atoms with E-state index in [9.17, 15) is 9.59 Å². The van der Waals surface area contributed by atoms with Gasteiger partial charge < -0.3 is 9.47 Å². The molecule has 0 rings (SSSR count). The van der Waals surface area contributed by atoms with Crippen molar-refractivity contribution in [3.63, 3.8) is 0 Å². The van der Waals surface area contributed by atoms with E-state index in [4.69, 9.17) is 9.47 Å². The van der Waals surface area contributed by atoms with Gasteiger partial charge in [-0.3, -0.25) is 9.59 Å². The number of allylic oxidation sites excluding steroid dienone is 4. The van der Waals surface area contributed by atoms with Crippen molar-refractivity contribution in [1.29, 1.82) is 0 Å². The zero-order chi connectivity index (χ0) is 35.0. The summed E-state index contributed by atoms with van der Waals surface area (Å²) in [7, 11) is 0. The van der Waals surface area contributed by atoms with Gasteiger partial charge in [0, 0.05) is 19.3 Å². The van der Waals surface area contributed by atoms with Crippen LogP contribution in [0.25, 0.3) is 0 Å². The van der Waals surface area contributed by atoms with Crippen LogP contribution in [-0.2, 0) is 19.1 Å². The topological polar surface area (TPSA) is 52.6 Å². The normalized spacial score (nSPS) is 11.8. The molecule has 0 fully saturated rings. The first-order valence-electron chi connectivity index (χ1n) is 21.3. The second-order valence-electron chi connectivity index (χ2n) is 14.3. The molecule has 0 N–H and O–H groups in total. The second kappa shape index (κ2) is 39.9. The van der Waals surface area contributed by atoms with Crippen molar-refractivity contribution >= 4 is 11.9 Å². The second-order valence-corrected chi connectivity index (χ2v) is 14.3. The maximum Gasteiger partial charge on any atom is 0.308 e. The van der Waals surface area contributed by atoms with Crippen LogP contribution in [0.3, 0.4) is 0 Å². The van der Waals surface area contributed by atoms with E-state index in [2.05, 4.69) is 45.1 Å². The highest BCUT2D eigenvalue weighted by molar-refractivity contribution is 5.71. The van der Waals surface area contributed by atoms with Crippen molar-refractivity contribution in [2.24, 2.45) is 0 Å². The lowest BCUT2D eigenvalue weighted by molar-refractivity contribution is -0.189. The summed E-state index contributed by atoms with van der Waals surface area (Å²) in [5, 5.41) is 0. The van der Waals surface area contributed by atoms with E-state index >= 15 is 0 Å². The quantitative estimate of drug-likeness (QED) is 0.0283. The number of esters is 2. The number of hydrogen-bond acceptors (Lipinski definition) is 4. The van der Waals surface area contributed by atoms with Crippen molar-refractivity contribution in [3.8, 4) is 0 Å². The van der Waals surface area contributed by atoms with E-state index in [0.717, 1.165) is 51.4 Å². The first-order chi connectivity index (χ1) is 23.6. The molecule has 0 spiro atoms. The van der Waals surface area contributed by atoms with Crippen LogP contribution in [0.4, 0.5) is 0 Å². The van der Waals surface area contributed by atoms with E-state index in [0.29, 0.717) is 19.3 Å². The Hall–Kier alpha value is -1.58. The molecule has 0 amide bonds. The van der Waals surface area contributed by atoms with Gasteiger partial charge >= 0.3 is 11.9 Å². The third kappa shape index (κ3) is 37.2. The highest BCUT2D eigenvalue weighted by Gasteiger charge is 2.18. The molecule has 0 bridgehead atoms. The van der Waals surface area contributed by atoms with Crippen LogP contribution in [0.15, 0.2) is 24.3 Å². The van der Waals surface area contributed by atoms with Gasteiger partial charge in [0.25, 0.3) is 0 Å². The summed E-state index contributed by atoms with van der Waals surface area (Å²) < 4.78 is 11.4. The molecule has 282 valence electrons. The molecular formula is C44H82O4. The van der Waals surface area contributed by atoms with Gasteiger partial charge in [-0.25, -0.2) is 0 Å². The van der Waals surface area contributed by atoms with E-state index in [1.807, 2.05) is 0 Å². The molecule has 0 aromatic carbocycles. The number of ether oxygens (including phenoxy) is 2. The zero-order valence-corrected chi connectivity index (χ0v) is 32.6. The molecule has 48 heavy (non-hydrogen) atoms. The number of carbonyl (C=O) groups excluding carboxylic acids is 2. The monoisotopic (exact) mass is 675 g/mol. The minimum atomic E-state index is -0.724. The summed E-state index contributed by atoms with van der Waals surface area (Å²) in [4.78, 5) is 25.2. The van der Waals surface area contributed by atoms with Gasteiger partial charge in [0.15, 0.2) is 0 Å². The fourth-order valence-corrected chi connectivity index (χ4v) is 6.15. The number of rotatable bonds is 38. The summed E-state index contributed by atoms with van der Waals surface area (Å²) in [6.45, 7) is 6.74. The van der Waals surface area contributed by atoms with Gasteiger partial charge in [0.05, 0.1) is 0 Å². The maximum absolute atomic E-state index is 12.6. The molecular weight excluding hydrogens is 592 g/mol. The highest BCUT2D eigenvalue weighted by Crippen LogP contribution is 2.16. The number of carbonyl (C=O) groups is 2. The van der Waals surface area contributed by atoms with E-state index < -0.39 is 6.29 Å². The van der Waals surface area contributed by atoms with Crippen LogP contribution >= 0.6 is 0 Å². The molecule has 0 atom stereocenters. The standard InChI is InChI=1S/C44H82O4/c1-4-7-10-13-15-17-19-21-23-25-27-29-31-34-36-39-42(45)47-44(41-38-33-12-9-6-3)48-43(46)40-37-35-32-30-28-26-24-22-20-18-16-14-11-8-5-2/h21-24,44H,4-20,25-41H2,1-3H3/b23-21-,24-22-. The summed E-state index contributed by atoms with van der Waals surface area (Å²) >= 11 is 0. The third-order valence-electron chi connectivity index (χ3n) is 9.35. The first kappa shape index (κ1) is 46.4. The summed E-state index contributed by atoms with van der Waals surface area (Å²) in [6, 6.07) is 0. The van der Waals surface area contributed by atoms with Crippen LogP contribution in [0.1, 0.15) is 239 Å². The molecule has 0 aromatic rings. The van der Waals surface area contributed by atoms with Crippen LogP contribution in [0, 0.1) is 0 Å². The predicted molar refractivity (Wildman–Crippen MR) is 208 cm³/mol. The van der Waals surface area contributed by atoms with Crippen LogP contribution in [-0.4, -0.2) is 18.2 Å². The van der Waals surface area contributed by atoms with Crippen LogP contribution in [0.5, 0.6) is 0 Å². The predicted octanol–water partition coefficient (Wildman–Crippen LogP) is 14.8. The number of hydrogen-bond donors (Lipinski definition) is 0. The molecule has 0 saturated carbocycles. The number of unbranched alkanes of at least 4 members (excludes halogenated alkanes) is 26. The maximum atomic E-state index is 12.6. The largest absolute Gasteiger partial charge is 0.425 e. The SMILES string of the molecule is CCCCCCCC/C=C\CCCCCCCC(=O)OC(CCCCCCC)OC(=O)CCCCCCC/C=C\CCCCCCCC. The van der Waals surface area contributed by atoms with E-state index in [1.54, 1.807) is 0 Å². The molecule has 0 aliphatic carbocycles.